The zero-order valence-electron chi connectivity index (χ0n) is 16.9. The Hall–Kier alpha value is -2.93. The predicted molar refractivity (Wildman–Crippen MR) is 116 cm³/mol. The van der Waals surface area contributed by atoms with Crippen LogP contribution in [0.4, 0.5) is 4.39 Å². The first kappa shape index (κ1) is 20.0. The lowest BCUT2D eigenvalue weighted by Gasteiger charge is -2.16. The highest BCUT2D eigenvalue weighted by Crippen LogP contribution is 2.33. The third kappa shape index (κ3) is 4.02. The van der Waals surface area contributed by atoms with Crippen molar-refractivity contribution in [1.82, 2.24) is 19.7 Å². The molecule has 1 saturated carbocycles. The number of carbonyl (C=O) groups excluding carboxylic acids is 1. The number of aromatic amines is 1. The molecular weight excluding hydrogens is 419 g/mol. The van der Waals surface area contributed by atoms with Gasteiger partial charge in [0.2, 0.25) is 5.91 Å². The third-order valence-corrected chi connectivity index (χ3v) is 6.34. The Bertz CT molecular complexity index is 1180. The maximum Gasteiger partial charge on any atom is 0.343 e. The Morgan fingerprint density at radius 2 is 1.87 bits per heavy atom. The van der Waals surface area contributed by atoms with Gasteiger partial charge < -0.3 is 4.90 Å². The lowest BCUT2D eigenvalue weighted by molar-refractivity contribution is -0.131. The van der Waals surface area contributed by atoms with Gasteiger partial charge in [0.1, 0.15) is 5.82 Å². The molecule has 2 aromatic carbocycles. The van der Waals surface area contributed by atoms with Crippen molar-refractivity contribution in [2.75, 3.05) is 13.1 Å². The summed E-state index contributed by atoms with van der Waals surface area (Å²) in [5, 5.41) is 7.09. The Labute approximate surface area is 183 Å². The van der Waals surface area contributed by atoms with Crippen molar-refractivity contribution in [3.8, 4) is 22.5 Å². The number of halogens is 2. The monoisotopic (exact) mass is 440 g/mol. The molecule has 2 heterocycles. The minimum atomic E-state index is -0.386. The van der Waals surface area contributed by atoms with Crippen molar-refractivity contribution in [1.29, 1.82) is 0 Å². The van der Waals surface area contributed by atoms with E-state index in [0.717, 1.165) is 31.4 Å². The van der Waals surface area contributed by atoms with Gasteiger partial charge in [-0.25, -0.2) is 14.3 Å². The molecule has 1 N–H and O–H groups in total. The summed E-state index contributed by atoms with van der Waals surface area (Å²) in [6.07, 6.45) is 2.88. The molecule has 0 spiro atoms. The second-order valence-corrected chi connectivity index (χ2v) is 8.81. The number of benzene rings is 2. The molecule has 2 fully saturated rings. The summed E-state index contributed by atoms with van der Waals surface area (Å²) in [7, 11) is 0. The molecule has 6 nitrogen and oxygen atoms in total. The third-order valence-electron chi connectivity index (χ3n) is 6.11. The molecule has 1 aromatic heterocycles. The highest BCUT2D eigenvalue weighted by Gasteiger charge is 2.36. The van der Waals surface area contributed by atoms with Crippen LogP contribution in [0.1, 0.15) is 19.3 Å². The number of likely N-dealkylation sites (tertiary alicyclic amines) is 1. The average molecular weight is 441 g/mol. The minimum Gasteiger partial charge on any atom is -0.342 e. The molecule has 3 aromatic rings. The van der Waals surface area contributed by atoms with Crippen LogP contribution in [-0.2, 0) is 11.3 Å². The fourth-order valence-corrected chi connectivity index (χ4v) is 4.42. The molecule has 1 atom stereocenters. The molecule has 1 aliphatic carbocycles. The number of amides is 1. The minimum absolute atomic E-state index is 0.218. The van der Waals surface area contributed by atoms with Gasteiger partial charge in [-0.1, -0.05) is 35.9 Å². The molecule has 1 unspecified atom stereocenters. The number of carbonyl (C=O) groups is 1. The van der Waals surface area contributed by atoms with Crippen LogP contribution in [0.2, 0.25) is 5.02 Å². The van der Waals surface area contributed by atoms with E-state index in [2.05, 4.69) is 10.2 Å². The Morgan fingerprint density at radius 1 is 1.13 bits per heavy atom. The van der Waals surface area contributed by atoms with Crippen LogP contribution in [0, 0.1) is 17.7 Å². The molecule has 1 aliphatic heterocycles. The summed E-state index contributed by atoms with van der Waals surface area (Å²) in [6.45, 7) is 1.94. The largest absolute Gasteiger partial charge is 0.343 e. The highest BCUT2D eigenvalue weighted by atomic mass is 35.5. The van der Waals surface area contributed by atoms with Crippen LogP contribution in [0.5, 0.6) is 0 Å². The van der Waals surface area contributed by atoms with Gasteiger partial charge in [0.25, 0.3) is 0 Å². The fourth-order valence-electron chi connectivity index (χ4n) is 4.26. The summed E-state index contributed by atoms with van der Waals surface area (Å²) in [5.74, 6) is 0.852. The lowest BCUT2D eigenvalue weighted by atomic mass is 10.0. The quantitative estimate of drug-likeness (QED) is 0.652. The van der Waals surface area contributed by atoms with Crippen LogP contribution < -0.4 is 5.69 Å². The van der Waals surface area contributed by atoms with E-state index in [-0.39, 0.29) is 29.2 Å². The predicted octanol–water partition coefficient (Wildman–Crippen LogP) is 3.96. The van der Waals surface area contributed by atoms with Crippen molar-refractivity contribution < 1.29 is 9.18 Å². The van der Waals surface area contributed by atoms with Gasteiger partial charge in [-0.15, -0.1) is 0 Å². The number of aromatic nitrogens is 3. The van der Waals surface area contributed by atoms with Gasteiger partial charge in [-0.05, 0) is 48.9 Å². The van der Waals surface area contributed by atoms with Gasteiger partial charge >= 0.3 is 5.69 Å². The standard InChI is InChI=1S/C23H22ClFN4O2/c24-18-7-8-19(20(25)11-18)15-1-3-16(4-2-15)21-26-27-23(31)29(21)13-14-9-10-28(12-14)22(30)17-5-6-17/h1-4,7-8,11,14,17H,5-6,9-10,12-13H2,(H,27,31). The van der Waals surface area contributed by atoms with E-state index < -0.39 is 0 Å². The van der Waals surface area contributed by atoms with Crippen LogP contribution in [0.3, 0.4) is 0 Å². The summed E-state index contributed by atoms with van der Waals surface area (Å²) >= 11 is 5.84. The van der Waals surface area contributed by atoms with Crippen LogP contribution >= 0.6 is 11.6 Å². The second kappa shape index (κ2) is 7.96. The van der Waals surface area contributed by atoms with Crippen molar-refractivity contribution in [2.24, 2.45) is 11.8 Å². The van der Waals surface area contributed by atoms with Crippen LogP contribution in [0.25, 0.3) is 22.5 Å². The van der Waals surface area contributed by atoms with Crippen molar-refractivity contribution in [2.45, 2.75) is 25.8 Å². The number of hydrogen-bond donors (Lipinski definition) is 1. The molecule has 8 heteroatoms. The summed E-state index contributed by atoms with van der Waals surface area (Å²) in [6, 6.07) is 11.8. The SMILES string of the molecule is O=C(C1CC1)N1CCC(Cn2c(-c3ccc(-c4ccc(Cl)cc4F)cc3)n[nH]c2=O)C1. The number of H-pyrrole nitrogens is 1. The Balaban J connectivity index is 1.35. The van der Waals surface area contributed by atoms with Gasteiger partial charge in [-0.3, -0.25) is 9.36 Å². The molecule has 1 saturated heterocycles. The maximum atomic E-state index is 14.2. The molecular formula is C23H22ClFN4O2. The zero-order valence-corrected chi connectivity index (χ0v) is 17.6. The second-order valence-electron chi connectivity index (χ2n) is 8.38. The van der Waals surface area contributed by atoms with Crippen molar-refractivity contribution in [3.63, 3.8) is 0 Å². The van der Waals surface area contributed by atoms with E-state index in [0.29, 0.717) is 35.1 Å². The van der Waals surface area contributed by atoms with Crippen molar-refractivity contribution in [3.05, 3.63) is 63.8 Å². The lowest BCUT2D eigenvalue weighted by Crippen LogP contribution is -2.31. The maximum absolute atomic E-state index is 14.2. The topological polar surface area (TPSA) is 71.0 Å². The Kier molecular flexibility index (Phi) is 5.14. The van der Waals surface area contributed by atoms with E-state index in [1.807, 2.05) is 17.0 Å². The number of hydrogen-bond acceptors (Lipinski definition) is 3. The smallest absolute Gasteiger partial charge is 0.342 e. The molecule has 0 bridgehead atoms. The first-order chi connectivity index (χ1) is 15.0. The Morgan fingerprint density at radius 3 is 2.58 bits per heavy atom. The normalized spacial score (nSPS) is 18.5. The summed E-state index contributed by atoms with van der Waals surface area (Å²) in [4.78, 5) is 26.6. The van der Waals surface area contributed by atoms with Gasteiger partial charge in [0.15, 0.2) is 5.82 Å². The van der Waals surface area contributed by atoms with Gasteiger partial charge in [0.05, 0.1) is 0 Å². The fraction of sp³-hybridized carbons (Fsp3) is 0.348. The zero-order chi connectivity index (χ0) is 21.5. The highest BCUT2D eigenvalue weighted by molar-refractivity contribution is 6.30. The first-order valence-corrected chi connectivity index (χ1v) is 10.9. The van der Waals surface area contributed by atoms with E-state index in [1.54, 1.807) is 28.8 Å². The summed E-state index contributed by atoms with van der Waals surface area (Å²) < 4.78 is 15.9. The molecule has 160 valence electrons. The number of nitrogens with one attached hydrogen (secondary N) is 1. The first-order valence-electron chi connectivity index (χ1n) is 10.5. The van der Waals surface area contributed by atoms with E-state index in [4.69, 9.17) is 11.6 Å². The van der Waals surface area contributed by atoms with E-state index >= 15 is 0 Å². The summed E-state index contributed by atoms with van der Waals surface area (Å²) in [5.41, 5.74) is 1.67. The molecule has 0 radical (unpaired) electrons. The van der Waals surface area contributed by atoms with Gasteiger partial charge in [0, 0.05) is 41.7 Å². The van der Waals surface area contributed by atoms with E-state index in [1.165, 1.54) is 6.07 Å². The van der Waals surface area contributed by atoms with Crippen molar-refractivity contribution >= 4 is 17.5 Å². The van der Waals surface area contributed by atoms with Gasteiger partial charge in [-0.2, -0.15) is 5.10 Å². The molecule has 31 heavy (non-hydrogen) atoms. The number of rotatable bonds is 5. The molecule has 1 amide bonds. The number of nitrogens with zero attached hydrogens (tertiary/aromatic N) is 3. The molecule has 2 aliphatic rings. The van der Waals surface area contributed by atoms with E-state index in [9.17, 15) is 14.0 Å². The molecule has 5 rings (SSSR count). The average Bonchev–Trinajstić information content (AvgIpc) is 3.41. The van der Waals surface area contributed by atoms with Crippen LogP contribution in [0.15, 0.2) is 47.3 Å². The van der Waals surface area contributed by atoms with Crippen LogP contribution in [-0.4, -0.2) is 38.7 Å².